The minimum absolute atomic E-state index is 0.0792. The highest BCUT2D eigenvalue weighted by Gasteiger charge is 2.70. The number of aliphatic hydroxyl groups is 1. The van der Waals surface area contributed by atoms with Crippen LogP contribution in [0.4, 0.5) is 8.78 Å². The first kappa shape index (κ1) is 20.6. The van der Waals surface area contributed by atoms with Gasteiger partial charge in [-0.2, -0.15) is 0 Å². The minimum atomic E-state index is -1.96. The quantitative estimate of drug-likeness (QED) is 0.724. The van der Waals surface area contributed by atoms with Crippen LogP contribution >= 0.6 is 0 Å². The van der Waals surface area contributed by atoms with Crippen LogP contribution in [-0.2, 0) is 19.1 Å². The van der Waals surface area contributed by atoms with Crippen molar-refractivity contribution in [3.05, 3.63) is 11.6 Å². The lowest BCUT2D eigenvalue weighted by Crippen LogP contribution is -2.65. The second-order valence-electron chi connectivity index (χ2n) is 9.51. The number of ketones is 2. The number of hydrogen-bond donors (Lipinski definition) is 1. The van der Waals surface area contributed by atoms with Crippen molar-refractivity contribution in [2.75, 3.05) is 6.61 Å². The summed E-state index contributed by atoms with van der Waals surface area (Å²) in [4.78, 5) is 36.1. The van der Waals surface area contributed by atoms with Crippen molar-refractivity contribution in [2.45, 2.75) is 70.3 Å². The molecule has 1 N–H and O–H groups in total. The summed E-state index contributed by atoms with van der Waals surface area (Å²) in [5.41, 5.74) is -2.42. The number of alkyl halides is 2. The summed E-state index contributed by atoms with van der Waals surface area (Å²) in [6, 6.07) is 0. The lowest BCUT2D eigenvalue weighted by Gasteiger charge is -2.59. The van der Waals surface area contributed by atoms with E-state index >= 15 is 8.78 Å². The molecule has 0 aromatic rings. The van der Waals surface area contributed by atoms with Crippen molar-refractivity contribution in [3.63, 3.8) is 0 Å². The van der Waals surface area contributed by atoms with Crippen LogP contribution in [-0.4, -0.2) is 47.2 Å². The van der Waals surface area contributed by atoms with Gasteiger partial charge < -0.3 is 9.84 Å². The molecule has 3 saturated carbocycles. The molecule has 0 aliphatic heterocycles. The van der Waals surface area contributed by atoms with Crippen LogP contribution in [0, 0.1) is 29.1 Å². The van der Waals surface area contributed by atoms with Crippen LogP contribution < -0.4 is 0 Å². The molecule has 160 valence electrons. The van der Waals surface area contributed by atoms with Gasteiger partial charge in [0.05, 0.1) is 0 Å². The zero-order chi connectivity index (χ0) is 21.1. The number of Topliss-reactive ketones (excluding diaryl/α,β-unsaturated/α-hetero) is 1. The fourth-order valence-corrected chi connectivity index (χ4v) is 7.08. The standard InChI is InChI=1S/C22H28F2O5/c1-11(26)29-20-9-21(2)15(5-6-16(21)19(28)10-25)17-8-18(23)13-7-12(27)3-4-14(13)22(17,20)24/h7,14-18,20,25H,3-6,8-10H2,1-2H3/t14-,15-,16+,17-,18-,20+,21-,22-/m0/s1. The van der Waals surface area contributed by atoms with E-state index in [9.17, 15) is 19.5 Å². The maximum atomic E-state index is 17.0. The first-order valence-corrected chi connectivity index (χ1v) is 10.5. The Hall–Kier alpha value is -1.63. The SMILES string of the molecule is CC(=O)O[C@@H]1C[C@]2(C)[C@@H](C(=O)CO)CC[C@H]2[C@@H]2C[C@H](F)C3=CC(=O)CC[C@@H]3[C@@]12F. The Labute approximate surface area is 168 Å². The Morgan fingerprint density at radius 1 is 1.28 bits per heavy atom. The van der Waals surface area contributed by atoms with E-state index in [1.54, 1.807) is 0 Å². The molecule has 4 rings (SSSR count). The van der Waals surface area contributed by atoms with Crippen LogP contribution in [0.5, 0.6) is 0 Å². The van der Waals surface area contributed by atoms with Crippen LogP contribution in [0.25, 0.3) is 0 Å². The largest absolute Gasteiger partial charge is 0.459 e. The lowest BCUT2D eigenvalue weighted by atomic mass is 9.48. The summed E-state index contributed by atoms with van der Waals surface area (Å²) in [7, 11) is 0. The van der Waals surface area contributed by atoms with Gasteiger partial charge in [0, 0.05) is 31.1 Å². The Bertz CT molecular complexity index is 779. The molecule has 4 aliphatic carbocycles. The van der Waals surface area contributed by atoms with Gasteiger partial charge in [0.2, 0.25) is 0 Å². The van der Waals surface area contributed by atoms with Crippen LogP contribution in [0.15, 0.2) is 11.6 Å². The van der Waals surface area contributed by atoms with E-state index in [1.807, 2.05) is 6.92 Å². The van der Waals surface area contributed by atoms with Gasteiger partial charge >= 0.3 is 5.97 Å². The molecule has 0 saturated heterocycles. The smallest absolute Gasteiger partial charge is 0.303 e. The fourth-order valence-electron chi connectivity index (χ4n) is 7.08. The van der Waals surface area contributed by atoms with Crippen molar-refractivity contribution < 1.29 is 33.0 Å². The number of halogens is 2. The number of ether oxygens (including phenoxy) is 1. The number of carbonyl (C=O) groups excluding carboxylic acids is 3. The number of hydrogen-bond acceptors (Lipinski definition) is 5. The molecule has 0 heterocycles. The second kappa shape index (κ2) is 6.96. The molecule has 0 amide bonds. The highest BCUT2D eigenvalue weighted by molar-refractivity contribution is 5.91. The summed E-state index contributed by atoms with van der Waals surface area (Å²) >= 11 is 0. The van der Waals surface area contributed by atoms with Gasteiger partial charge in [0.1, 0.15) is 18.9 Å². The predicted octanol–water partition coefficient (Wildman–Crippen LogP) is 2.89. The number of aliphatic hydroxyl groups excluding tert-OH is 1. The zero-order valence-electron chi connectivity index (χ0n) is 16.8. The zero-order valence-corrected chi connectivity index (χ0v) is 16.8. The highest BCUT2D eigenvalue weighted by atomic mass is 19.1. The Morgan fingerprint density at radius 2 is 2.00 bits per heavy atom. The third-order valence-electron chi connectivity index (χ3n) is 8.20. The van der Waals surface area contributed by atoms with Gasteiger partial charge in [-0.3, -0.25) is 14.4 Å². The van der Waals surface area contributed by atoms with Crippen LogP contribution in [0.3, 0.4) is 0 Å². The fraction of sp³-hybridized carbons (Fsp3) is 0.773. The number of allylic oxidation sites excluding steroid dienone is 1. The summed E-state index contributed by atoms with van der Waals surface area (Å²) in [5.74, 6) is -3.29. The van der Waals surface area contributed by atoms with Crippen LogP contribution in [0.1, 0.15) is 52.4 Å². The topological polar surface area (TPSA) is 80.7 Å². The molecular weight excluding hydrogens is 382 g/mol. The Kier molecular flexibility index (Phi) is 4.95. The highest BCUT2D eigenvalue weighted by Crippen LogP contribution is 2.67. The first-order valence-electron chi connectivity index (χ1n) is 10.5. The third kappa shape index (κ3) is 2.91. The van der Waals surface area contributed by atoms with Crippen molar-refractivity contribution in [1.29, 1.82) is 0 Å². The van der Waals surface area contributed by atoms with E-state index in [1.165, 1.54) is 13.0 Å². The molecule has 0 radical (unpaired) electrons. The summed E-state index contributed by atoms with van der Waals surface area (Å²) in [5, 5.41) is 9.41. The molecule has 29 heavy (non-hydrogen) atoms. The molecular formula is C22H28F2O5. The Balaban J connectivity index is 1.80. The van der Waals surface area contributed by atoms with E-state index in [0.29, 0.717) is 12.8 Å². The van der Waals surface area contributed by atoms with Gasteiger partial charge in [-0.05, 0) is 55.1 Å². The second-order valence-corrected chi connectivity index (χ2v) is 9.51. The summed E-state index contributed by atoms with van der Waals surface area (Å²) in [6.07, 6.45) is 0.272. The molecule has 0 unspecified atom stereocenters. The van der Waals surface area contributed by atoms with E-state index in [4.69, 9.17) is 4.74 Å². The van der Waals surface area contributed by atoms with Crippen molar-refractivity contribution in [3.8, 4) is 0 Å². The number of carbonyl (C=O) groups is 3. The first-order chi connectivity index (χ1) is 13.6. The molecule has 0 bridgehead atoms. The van der Waals surface area contributed by atoms with E-state index < -0.39 is 53.7 Å². The molecule has 0 aromatic heterocycles. The minimum Gasteiger partial charge on any atom is -0.459 e. The van der Waals surface area contributed by atoms with Crippen molar-refractivity contribution in [1.82, 2.24) is 0 Å². The average molecular weight is 410 g/mol. The van der Waals surface area contributed by atoms with E-state index in [-0.39, 0.29) is 48.7 Å². The predicted molar refractivity (Wildman–Crippen MR) is 99.2 cm³/mol. The third-order valence-corrected chi connectivity index (χ3v) is 8.20. The normalized spacial score (nSPS) is 46.2. The Morgan fingerprint density at radius 3 is 2.66 bits per heavy atom. The molecule has 4 aliphatic rings. The number of rotatable bonds is 3. The number of fused-ring (bicyclic) bond motifs is 5. The average Bonchev–Trinajstić information content (AvgIpc) is 2.99. The maximum absolute atomic E-state index is 17.0. The van der Waals surface area contributed by atoms with Crippen molar-refractivity contribution in [2.24, 2.45) is 29.1 Å². The van der Waals surface area contributed by atoms with Gasteiger partial charge in [-0.15, -0.1) is 0 Å². The number of esters is 1. The summed E-state index contributed by atoms with van der Waals surface area (Å²) in [6.45, 7) is 2.53. The van der Waals surface area contributed by atoms with E-state index in [0.717, 1.165) is 0 Å². The van der Waals surface area contributed by atoms with Gasteiger partial charge in [-0.1, -0.05) is 6.92 Å². The monoisotopic (exact) mass is 410 g/mol. The lowest BCUT2D eigenvalue weighted by molar-refractivity contribution is -0.208. The van der Waals surface area contributed by atoms with Crippen LogP contribution in [0.2, 0.25) is 0 Å². The van der Waals surface area contributed by atoms with Gasteiger partial charge in [0.25, 0.3) is 0 Å². The maximum Gasteiger partial charge on any atom is 0.303 e. The summed E-state index contributed by atoms with van der Waals surface area (Å²) < 4.78 is 37.6. The molecule has 0 spiro atoms. The van der Waals surface area contributed by atoms with Gasteiger partial charge in [-0.25, -0.2) is 8.78 Å². The molecule has 7 heteroatoms. The molecule has 8 atom stereocenters. The van der Waals surface area contributed by atoms with Crippen molar-refractivity contribution >= 4 is 17.5 Å². The van der Waals surface area contributed by atoms with Gasteiger partial charge in [0.15, 0.2) is 17.2 Å². The molecule has 0 aromatic carbocycles. The molecule has 3 fully saturated rings. The molecule has 5 nitrogen and oxygen atoms in total. The van der Waals surface area contributed by atoms with E-state index in [2.05, 4.69) is 0 Å².